The van der Waals surface area contributed by atoms with Crippen LogP contribution in [0.1, 0.15) is 42.9 Å². The van der Waals surface area contributed by atoms with Gasteiger partial charge < -0.3 is 15.6 Å². The summed E-state index contributed by atoms with van der Waals surface area (Å²) in [7, 11) is 0. The Labute approximate surface area is 126 Å². The fraction of sp³-hybridized carbons (Fsp3) is 0.688. The van der Waals surface area contributed by atoms with Crippen molar-refractivity contribution in [2.24, 2.45) is 0 Å². The molecule has 1 aliphatic carbocycles. The van der Waals surface area contributed by atoms with E-state index in [9.17, 15) is 5.11 Å². The smallest absolute Gasteiger partial charge is 0.129 e. The fourth-order valence-electron chi connectivity index (χ4n) is 3.87. The van der Waals surface area contributed by atoms with Crippen LogP contribution in [0.3, 0.4) is 0 Å². The van der Waals surface area contributed by atoms with Gasteiger partial charge in [-0.15, -0.1) is 0 Å². The summed E-state index contributed by atoms with van der Waals surface area (Å²) in [6.45, 7) is 5.25. The van der Waals surface area contributed by atoms with Crippen molar-refractivity contribution in [1.82, 2.24) is 9.88 Å². The number of hydrogen-bond acceptors (Lipinski definition) is 5. The van der Waals surface area contributed by atoms with Crippen LogP contribution in [0.15, 0.2) is 12.3 Å². The molecular weight excluding hydrogens is 266 g/mol. The maximum Gasteiger partial charge on any atom is 0.129 e. The van der Waals surface area contributed by atoms with Crippen molar-refractivity contribution in [3.63, 3.8) is 0 Å². The van der Waals surface area contributed by atoms with Gasteiger partial charge in [-0.25, -0.2) is 4.98 Å². The number of rotatable bonds is 3. The number of aromatic nitrogens is 1. The van der Waals surface area contributed by atoms with Gasteiger partial charge in [-0.2, -0.15) is 0 Å². The third-order valence-corrected chi connectivity index (χ3v) is 5.00. The van der Waals surface area contributed by atoms with Gasteiger partial charge in [0.2, 0.25) is 0 Å². The van der Waals surface area contributed by atoms with E-state index in [0.29, 0.717) is 5.82 Å². The summed E-state index contributed by atoms with van der Waals surface area (Å²) in [4.78, 5) is 6.63. The van der Waals surface area contributed by atoms with Crippen LogP contribution in [-0.4, -0.2) is 46.8 Å². The Bertz CT molecular complexity index is 494. The molecule has 0 bridgehead atoms. The Balaban J connectivity index is 1.94. The molecule has 2 fully saturated rings. The fourth-order valence-corrected chi connectivity index (χ4v) is 3.87. The molecule has 1 atom stereocenters. The summed E-state index contributed by atoms with van der Waals surface area (Å²) in [6.07, 6.45) is 5.52. The molecule has 1 aliphatic heterocycles. The third kappa shape index (κ3) is 2.65. The van der Waals surface area contributed by atoms with Crippen LogP contribution in [0.25, 0.3) is 0 Å². The van der Waals surface area contributed by atoms with Crippen LogP contribution in [0.2, 0.25) is 0 Å². The SMILES string of the molecule is Cc1cnc(N)c(C(O)C2(N3CCOCC3)CCCC2)c1. The Hall–Kier alpha value is -1.17. The molecule has 1 saturated heterocycles. The Morgan fingerprint density at radius 3 is 2.67 bits per heavy atom. The normalized spacial score (nSPS) is 24.1. The van der Waals surface area contributed by atoms with Crippen molar-refractivity contribution in [1.29, 1.82) is 0 Å². The van der Waals surface area contributed by atoms with Crippen molar-refractivity contribution < 1.29 is 9.84 Å². The molecule has 3 N–H and O–H groups in total. The molecule has 0 aromatic carbocycles. The maximum absolute atomic E-state index is 11.1. The van der Waals surface area contributed by atoms with E-state index in [1.165, 1.54) is 0 Å². The standard InChI is InChI=1S/C16H25N3O2/c1-12-10-13(15(17)18-11-12)14(20)16(4-2-3-5-16)19-6-8-21-9-7-19/h10-11,14,20H,2-9H2,1H3,(H2,17,18). The van der Waals surface area contributed by atoms with Gasteiger partial charge in [-0.3, -0.25) is 4.90 Å². The van der Waals surface area contributed by atoms with E-state index in [1.807, 2.05) is 13.0 Å². The molecule has 0 spiro atoms. The van der Waals surface area contributed by atoms with Gasteiger partial charge in [0.25, 0.3) is 0 Å². The molecule has 3 rings (SSSR count). The summed E-state index contributed by atoms with van der Waals surface area (Å²) in [5, 5.41) is 11.1. The van der Waals surface area contributed by atoms with E-state index in [0.717, 1.165) is 63.1 Å². The van der Waals surface area contributed by atoms with Crippen molar-refractivity contribution >= 4 is 5.82 Å². The van der Waals surface area contributed by atoms with E-state index in [2.05, 4.69) is 9.88 Å². The number of anilines is 1. The van der Waals surface area contributed by atoms with Crippen LogP contribution in [-0.2, 0) is 4.74 Å². The predicted molar refractivity (Wildman–Crippen MR) is 81.9 cm³/mol. The summed E-state index contributed by atoms with van der Waals surface area (Å²) < 4.78 is 5.47. The number of nitrogens with two attached hydrogens (primary N) is 1. The minimum absolute atomic E-state index is 0.201. The zero-order valence-electron chi connectivity index (χ0n) is 12.7. The van der Waals surface area contributed by atoms with Crippen molar-refractivity contribution in [2.45, 2.75) is 44.2 Å². The molecule has 1 aromatic heterocycles. The van der Waals surface area contributed by atoms with Crippen LogP contribution in [0, 0.1) is 6.92 Å². The van der Waals surface area contributed by atoms with Crippen molar-refractivity contribution in [3.05, 3.63) is 23.4 Å². The first-order valence-electron chi connectivity index (χ1n) is 7.86. The number of aliphatic hydroxyl groups is 1. The summed E-state index contributed by atoms with van der Waals surface area (Å²) in [5.74, 6) is 0.452. The lowest BCUT2D eigenvalue weighted by molar-refractivity contribution is -0.0773. The van der Waals surface area contributed by atoms with Crippen LogP contribution in [0.5, 0.6) is 0 Å². The van der Waals surface area contributed by atoms with Gasteiger partial charge in [0.15, 0.2) is 0 Å². The number of hydrogen-bond donors (Lipinski definition) is 2. The lowest BCUT2D eigenvalue weighted by Gasteiger charge is -2.46. The quantitative estimate of drug-likeness (QED) is 0.886. The molecule has 1 unspecified atom stereocenters. The average Bonchev–Trinajstić information content (AvgIpc) is 3.01. The predicted octanol–water partition coefficient (Wildman–Crippen LogP) is 1.65. The van der Waals surface area contributed by atoms with E-state index in [1.54, 1.807) is 6.20 Å². The highest BCUT2D eigenvalue weighted by molar-refractivity contribution is 5.44. The average molecular weight is 291 g/mol. The maximum atomic E-state index is 11.1. The molecule has 21 heavy (non-hydrogen) atoms. The number of nitrogen functional groups attached to an aromatic ring is 1. The highest BCUT2D eigenvalue weighted by atomic mass is 16.5. The molecule has 1 saturated carbocycles. The van der Waals surface area contributed by atoms with Gasteiger partial charge in [-0.1, -0.05) is 12.8 Å². The first-order chi connectivity index (χ1) is 10.1. The van der Waals surface area contributed by atoms with Gasteiger partial charge >= 0.3 is 0 Å². The lowest BCUT2D eigenvalue weighted by atomic mass is 9.83. The summed E-state index contributed by atoms with van der Waals surface area (Å²) in [6, 6.07) is 1.98. The molecule has 0 amide bonds. The number of aryl methyl sites for hydroxylation is 1. The topological polar surface area (TPSA) is 71.6 Å². The second-order valence-corrected chi connectivity index (χ2v) is 6.30. The molecule has 1 aromatic rings. The number of nitrogens with zero attached hydrogens (tertiary/aromatic N) is 2. The minimum atomic E-state index is -0.578. The van der Waals surface area contributed by atoms with Crippen LogP contribution < -0.4 is 5.73 Å². The van der Waals surface area contributed by atoms with Gasteiger partial charge in [0, 0.05) is 24.8 Å². The number of pyridine rings is 1. The van der Waals surface area contributed by atoms with E-state index in [-0.39, 0.29) is 5.54 Å². The van der Waals surface area contributed by atoms with E-state index >= 15 is 0 Å². The van der Waals surface area contributed by atoms with Crippen molar-refractivity contribution in [3.8, 4) is 0 Å². The highest BCUT2D eigenvalue weighted by Crippen LogP contribution is 2.45. The second kappa shape index (κ2) is 5.91. The summed E-state index contributed by atoms with van der Waals surface area (Å²) in [5.41, 5.74) is 7.65. The molecule has 2 aliphatic rings. The lowest BCUT2D eigenvalue weighted by Crippen LogP contribution is -2.55. The molecule has 2 heterocycles. The third-order valence-electron chi connectivity index (χ3n) is 5.00. The van der Waals surface area contributed by atoms with Gasteiger partial charge in [0.05, 0.1) is 18.8 Å². The van der Waals surface area contributed by atoms with E-state index < -0.39 is 6.10 Å². The van der Waals surface area contributed by atoms with Gasteiger partial charge in [0.1, 0.15) is 11.9 Å². The molecule has 116 valence electrons. The number of morpholine rings is 1. The molecule has 5 nitrogen and oxygen atoms in total. The zero-order valence-corrected chi connectivity index (χ0v) is 12.7. The first-order valence-corrected chi connectivity index (χ1v) is 7.86. The molecule has 5 heteroatoms. The van der Waals surface area contributed by atoms with Crippen LogP contribution in [0.4, 0.5) is 5.82 Å². The molecule has 0 radical (unpaired) electrons. The monoisotopic (exact) mass is 291 g/mol. The second-order valence-electron chi connectivity index (χ2n) is 6.30. The molecular formula is C16H25N3O2. The Morgan fingerprint density at radius 1 is 1.33 bits per heavy atom. The first kappa shape index (κ1) is 14.8. The largest absolute Gasteiger partial charge is 0.386 e. The summed E-state index contributed by atoms with van der Waals surface area (Å²) >= 11 is 0. The number of aliphatic hydroxyl groups excluding tert-OH is 1. The Kier molecular flexibility index (Phi) is 4.15. The zero-order chi connectivity index (χ0) is 14.9. The van der Waals surface area contributed by atoms with Crippen molar-refractivity contribution in [2.75, 3.05) is 32.0 Å². The van der Waals surface area contributed by atoms with E-state index in [4.69, 9.17) is 10.5 Å². The Morgan fingerprint density at radius 2 is 2.00 bits per heavy atom. The van der Waals surface area contributed by atoms with Crippen LogP contribution >= 0.6 is 0 Å². The highest BCUT2D eigenvalue weighted by Gasteiger charge is 2.47. The van der Waals surface area contributed by atoms with Gasteiger partial charge in [-0.05, 0) is 31.4 Å². The number of ether oxygens (including phenoxy) is 1. The minimum Gasteiger partial charge on any atom is -0.386 e.